The number of ketones is 1. The van der Waals surface area contributed by atoms with Gasteiger partial charge in [-0.15, -0.1) is 0 Å². The maximum absolute atomic E-state index is 13.2. The molecule has 6 nitrogen and oxygen atoms in total. The Morgan fingerprint density at radius 3 is 2.38 bits per heavy atom. The van der Waals surface area contributed by atoms with Gasteiger partial charge >= 0.3 is 0 Å². The van der Waals surface area contributed by atoms with Crippen molar-refractivity contribution in [3.63, 3.8) is 0 Å². The topological polar surface area (TPSA) is 59.1 Å². The van der Waals surface area contributed by atoms with Gasteiger partial charge in [0.2, 0.25) is 5.91 Å². The van der Waals surface area contributed by atoms with Gasteiger partial charge in [-0.1, -0.05) is 30.3 Å². The van der Waals surface area contributed by atoms with Crippen molar-refractivity contribution in [2.45, 2.75) is 31.7 Å². The summed E-state index contributed by atoms with van der Waals surface area (Å²) in [7, 11) is 3.29. The highest BCUT2D eigenvalue weighted by molar-refractivity contribution is 5.97. The third-order valence-corrected chi connectivity index (χ3v) is 6.75. The predicted molar refractivity (Wildman–Crippen MR) is 123 cm³/mol. The Labute approximate surface area is 190 Å². The van der Waals surface area contributed by atoms with Crippen LogP contribution in [0, 0.1) is 5.92 Å². The van der Waals surface area contributed by atoms with Gasteiger partial charge in [-0.3, -0.25) is 14.5 Å². The molecule has 2 aromatic rings. The number of carbonyl (C=O) groups is 2. The van der Waals surface area contributed by atoms with Gasteiger partial charge in [-0.05, 0) is 50.9 Å². The first-order valence-corrected chi connectivity index (χ1v) is 11.4. The zero-order chi connectivity index (χ0) is 22.5. The summed E-state index contributed by atoms with van der Waals surface area (Å²) in [6.45, 7) is 2.72. The number of hydrogen-bond donors (Lipinski definition) is 0. The molecule has 0 spiro atoms. The molecule has 0 bridgehead atoms. The van der Waals surface area contributed by atoms with Crippen molar-refractivity contribution in [3.05, 3.63) is 59.7 Å². The third-order valence-electron chi connectivity index (χ3n) is 6.75. The summed E-state index contributed by atoms with van der Waals surface area (Å²) < 4.78 is 10.9. The Morgan fingerprint density at radius 2 is 1.69 bits per heavy atom. The molecule has 2 aliphatic heterocycles. The fraction of sp³-hybridized carbons (Fsp3) is 0.462. The molecule has 2 aliphatic rings. The Bertz CT molecular complexity index is 938. The van der Waals surface area contributed by atoms with E-state index in [0.717, 1.165) is 67.9 Å². The van der Waals surface area contributed by atoms with Crippen LogP contribution in [0.5, 0.6) is 11.5 Å². The smallest absolute Gasteiger partial charge is 0.237 e. The Kier molecular flexibility index (Phi) is 7.10. The van der Waals surface area contributed by atoms with E-state index in [-0.39, 0.29) is 23.7 Å². The lowest BCUT2D eigenvalue weighted by Gasteiger charge is -2.33. The van der Waals surface area contributed by atoms with Crippen molar-refractivity contribution in [3.8, 4) is 11.5 Å². The quantitative estimate of drug-likeness (QED) is 0.615. The number of hydrogen-bond acceptors (Lipinski definition) is 5. The predicted octanol–water partition coefficient (Wildman–Crippen LogP) is 3.96. The SMILES string of the molecule is COc1ccc(C2CCCN2C(=O)CN2CCC(C(=O)c3ccccc3)CC2)c(OC)c1. The molecule has 0 N–H and O–H groups in total. The summed E-state index contributed by atoms with van der Waals surface area (Å²) in [6.07, 6.45) is 3.52. The molecule has 0 aliphatic carbocycles. The van der Waals surface area contributed by atoms with E-state index in [0.29, 0.717) is 6.54 Å². The van der Waals surface area contributed by atoms with E-state index in [4.69, 9.17) is 9.47 Å². The molecule has 0 aromatic heterocycles. The number of ether oxygens (including phenoxy) is 2. The second-order valence-corrected chi connectivity index (χ2v) is 8.63. The first-order chi connectivity index (χ1) is 15.6. The monoisotopic (exact) mass is 436 g/mol. The largest absolute Gasteiger partial charge is 0.497 e. The molecular formula is C26H32N2O4. The maximum atomic E-state index is 13.2. The number of rotatable bonds is 7. The number of likely N-dealkylation sites (tertiary alicyclic amines) is 2. The van der Waals surface area contributed by atoms with E-state index < -0.39 is 0 Å². The lowest BCUT2D eigenvalue weighted by Crippen LogP contribution is -2.44. The number of benzene rings is 2. The zero-order valence-electron chi connectivity index (χ0n) is 19.0. The van der Waals surface area contributed by atoms with E-state index in [2.05, 4.69) is 4.90 Å². The number of nitrogens with zero attached hydrogens (tertiary/aromatic N) is 2. The summed E-state index contributed by atoms with van der Waals surface area (Å²) in [4.78, 5) is 30.1. The molecule has 1 atom stereocenters. The second-order valence-electron chi connectivity index (χ2n) is 8.63. The van der Waals surface area contributed by atoms with Gasteiger partial charge in [0, 0.05) is 29.7 Å². The van der Waals surface area contributed by atoms with Crippen LogP contribution in [0.3, 0.4) is 0 Å². The van der Waals surface area contributed by atoms with Gasteiger partial charge in [0.15, 0.2) is 5.78 Å². The van der Waals surface area contributed by atoms with Crippen LogP contribution in [0.4, 0.5) is 0 Å². The number of carbonyl (C=O) groups excluding carboxylic acids is 2. The van der Waals surface area contributed by atoms with Crippen LogP contribution >= 0.6 is 0 Å². The van der Waals surface area contributed by atoms with Crippen LogP contribution in [0.1, 0.15) is 47.6 Å². The summed E-state index contributed by atoms with van der Waals surface area (Å²) in [5.41, 5.74) is 1.82. The molecule has 2 saturated heterocycles. The molecular weight excluding hydrogens is 404 g/mol. The van der Waals surface area contributed by atoms with Crippen LogP contribution in [0.2, 0.25) is 0 Å². The second kappa shape index (κ2) is 10.2. The minimum Gasteiger partial charge on any atom is -0.497 e. The highest BCUT2D eigenvalue weighted by Gasteiger charge is 2.34. The molecule has 4 rings (SSSR count). The number of methoxy groups -OCH3 is 2. The third kappa shape index (κ3) is 4.80. The van der Waals surface area contributed by atoms with Gasteiger partial charge in [0.1, 0.15) is 11.5 Å². The Balaban J connectivity index is 1.36. The van der Waals surface area contributed by atoms with E-state index >= 15 is 0 Å². The summed E-state index contributed by atoms with van der Waals surface area (Å²) in [5, 5.41) is 0. The van der Waals surface area contributed by atoms with Crippen LogP contribution in [0.15, 0.2) is 48.5 Å². The average molecular weight is 437 g/mol. The van der Waals surface area contributed by atoms with Crippen LogP contribution < -0.4 is 9.47 Å². The molecule has 2 aromatic carbocycles. The lowest BCUT2D eigenvalue weighted by atomic mass is 9.89. The molecule has 2 fully saturated rings. The van der Waals surface area contributed by atoms with Crippen molar-refractivity contribution in [1.82, 2.24) is 9.80 Å². The van der Waals surface area contributed by atoms with Crippen molar-refractivity contribution >= 4 is 11.7 Å². The highest BCUT2D eigenvalue weighted by atomic mass is 16.5. The van der Waals surface area contributed by atoms with E-state index in [9.17, 15) is 9.59 Å². The fourth-order valence-electron chi connectivity index (χ4n) is 4.96. The zero-order valence-corrected chi connectivity index (χ0v) is 19.0. The summed E-state index contributed by atoms with van der Waals surface area (Å²) in [5.74, 6) is 1.93. The molecule has 2 heterocycles. The van der Waals surface area contributed by atoms with Crippen LogP contribution in [0.25, 0.3) is 0 Å². The lowest BCUT2D eigenvalue weighted by molar-refractivity contribution is -0.133. The average Bonchev–Trinajstić information content (AvgIpc) is 3.34. The van der Waals surface area contributed by atoms with Gasteiger partial charge in [-0.25, -0.2) is 0 Å². The van der Waals surface area contributed by atoms with Crippen molar-refractivity contribution in [1.29, 1.82) is 0 Å². The molecule has 170 valence electrons. The number of Topliss-reactive ketones (excluding diaryl/α,β-unsaturated/α-hetero) is 1. The first-order valence-electron chi connectivity index (χ1n) is 11.4. The minimum absolute atomic E-state index is 0.0283. The van der Waals surface area contributed by atoms with Crippen molar-refractivity contribution < 1.29 is 19.1 Å². The summed E-state index contributed by atoms with van der Waals surface area (Å²) >= 11 is 0. The number of amides is 1. The highest BCUT2D eigenvalue weighted by Crippen LogP contribution is 2.38. The van der Waals surface area contributed by atoms with Gasteiger partial charge in [-0.2, -0.15) is 0 Å². The molecule has 0 radical (unpaired) electrons. The molecule has 0 saturated carbocycles. The normalized spacial score (nSPS) is 19.7. The fourth-order valence-corrected chi connectivity index (χ4v) is 4.96. The van der Waals surface area contributed by atoms with Gasteiger partial charge in [0.25, 0.3) is 0 Å². The van der Waals surface area contributed by atoms with Gasteiger partial charge in [0.05, 0.1) is 26.8 Å². The van der Waals surface area contributed by atoms with Crippen LogP contribution in [-0.2, 0) is 4.79 Å². The molecule has 6 heteroatoms. The molecule has 1 amide bonds. The Morgan fingerprint density at radius 1 is 0.938 bits per heavy atom. The van der Waals surface area contributed by atoms with E-state index in [1.807, 2.05) is 53.4 Å². The van der Waals surface area contributed by atoms with E-state index in [1.165, 1.54) is 0 Å². The summed E-state index contributed by atoms with van der Waals surface area (Å²) in [6, 6.07) is 15.4. The maximum Gasteiger partial charge on any atom is 0.237 e. The minimum atomic E-state index is 0.0283. The van der Waals surface area contributed by atoms with E-state index in [1.54, 1.807) is 14.2 Å². The van der Waals surface area contributed by atoms with Crippen molar-refractivity contribution in [2.75, 3.05) is 40.4 Å². The standard InChI is InChI=1S/C26H32N2O4/c1-31-21-10-11-22(24(17-21)32-2)23-9-6-14-28(23)25(29)18-27-15-12-20(13-16-27)26(30)19-7-4-3-5-8-19/h3-5,7-8,10-11,17,20,23H,6,9,12-16,18H2,1-2H3. The first kappa shape index (κ1) is 22.3. The van der Waals surface area contributed by atoms with Gasteiger partial charge < -0.3 is 14.4 Å². The Hall–Kier alpha value is -2.86. The van der Waals surface area contributed by atoms with Crippen molar-refractivity contribution in [2.24, 2.45) is 5.92 Å². The van der Waals surface area contributed by atoms with Crippen LogP contribution in [-0.4, -0.2) is 61.9 Å². The number of piperidine rings is 1. The molecule has 1 unspecified atom stereocenters. The molecule has 32 heavy (non-hydrogen) atoms.